The lowest BCUT2D eigenvalue weighted by Gasteiger charge is -2.19. The molecule has 0 unspecified atom stereocenters. The molecule has 0 aliphatic carbocycles. The minimum absolute atomic E-state index is 0.320. The minimum atomic E-state index is -1.51. The van der Waals surface area contributed by atoms with Gasteiger partial charge in [0.25, 0.3) is 11.8 Å². The van der Waals surface area contributed by atoms with Crippen LogP contribution in [-0.4, -0.2) is 69.9 Å². The normalized spacial score (nSPS) is 16.1. The zero-order valence-corrected chi connectivity index (χ0v) is 15.8. The number of aliphatic carboxylic acids is 1. The van der Waals surface area contributed by atoms with Crippen molar-refractivity contribution in [2.24, 2.45) is 11.7 Å². The van der Waals surface area contributed by atoms with E-state index in [4.69, 9.17) is 10.8 Å². The smallest absolute Gasteiger partial charge is 0.326 e. The first kappa shape index (κ1) is 23.5. The van der Waals surface area contributed by atoms with Crippen LogP contribution in [0.4, 0.5) is 0 Å². The van der Waals surface area contributed by atoms with Gasteiger partial charge in [0.15, 0.2) is 5.78 Å². The summed E-state index contributed by atoms with van der Waals surface area (Å²) in [5.74, 6) is -6.62. The van der Waals surface area contributed by atoms with Crippen molar-refractivity contribution >= 4 is 41.3 Å². The van der Waals surface area contributed by atoms with E-state index >= 15 is 0 Å². The van der Waals surface area contributed by atoms with E-state index in [1.807, 2.05) is 0 Å². The molecule has 0 bridgehead atoms. The fourth-order valence-electron chi connectivity index (χ4n) is 2.38. The topological polar surface area (TPSA) is 193 Å². The van der Waals surface area contributed by atoms with E-state index in [2.05, 4.69) is 10.6 Å². The standard InChI is InChI=1S/C17H22N4O8/c1-8(16(27)20-10(17(28)29)6-12(18)23)5-11(22)9(2)19-13(24)7-21-14(25)3-4-15(21)26/h3-4,8-10H,5-7H2,1-2H3,(H2,18,23)(H,19,24)(H,20,27)(H,28,29)/t8-,9+,10+/m1/s1. The van der Waals surface area contributed by atoms with Gasteiger partial charge in [-0.05, 0) is 6.92 Å². The molecule has 0 spiro atoms. The predicted octanol–water partition coefficient (Wildman–Crippen LogP) is -2.54. The van der Waals surface area contributed by atoms with Gasteiger partial charge in [0.2, 0.25) is 17.7 Å². The molecular weight excluding hydrogens is 388 g/mol. The van der Waals surface area contributed by atoms with E-state index in [0.717, 1.165) is 12.2 Å². The number of amides is 5. The molecule has 1 heterocycles. The molecule has 1 aliphatic rings. The molecule has 0 aromatic carbocycles. The minimum Gasteiger partial charge on any atom is -0.480 e. The highest BCUT2D eigenvalue weighted by Gasteiger charge is 2.29. The van der Waals surface area contributed by atoms with Crippen LogP contribution < -0.4 is 16.4 Å². The Morgan fingerprint density at radius 3 is 2.07 bits per heavy atom. The number of primary amides is 1. The maximum absolute atomic E-state index is 12.2. The Labute approximate surface area is 165 Å². The van der Waals surface area contributed by atoms with Crippen molar-refractivity contribution in [1.29, 1.82) is 0 Å². The number of imide groups is 1. The third-order valence-electron chi connectivity index (χ3n) is 4.04. The molecule has 5 amide bonds. The highest BCUT2D eigenvalue weighted by Crippen LogP contribution is 2.07. The molecule has 0 fully saturated rings. The first-order chi connectivity index (χ1) is 13.4. The van der Waals surface area contributed by atoms with Crippen molar-refractivity contribution in [2.45, 2.75) is 38.8 Å². The molecular formula is C17H22N4O8. The number of carbonyl (C=O) groups excluding carboxylic acids is 6. The van der Waals surface area contributed by atoms with Crippen LogP contribution in [0, 0.1) is 5.92 Å². The van der Waals surface area contributed by atoms with E-state index in [1.54, 1.807) is 0 Å². The summed E-state index contributed by atoms with van der Waals surface area (Å²) in [5, 5.41) is 13.4. The second kappa shape index (κ2) is 10.1. The average Bonchev–Trinajstić information content (AvgIpc) is 2.92. The fraction of sp³-hybridized carbons (Fsp3) is 0.471. The molecule has 158 valence electrons. The van der Waals surface area contributed by atoms with Crippen LogP contribution in [0.2, 0.25) is 0 Å². The Bertz CT molecular complexity index is 757. The van der Waals surface area contributed by atoms with E-state index in [9.17, 15) is 33.6 Å². The van der Waals surface area contributed by atoms with E-state index in [1.165, 1.54) is 13.8 Å². The maximum atomic E-state index is 12.2. The van der Waals surface area contributed by atoms with Crippen molar-refractivity contribution in [3.63, 3.8) is 0 Å². The number of ketones is 1. The van der Waals surface area contributed by atoms with Crippen molar-refractivity contribution < 1.29 is 38.7 Å². The Hall–Kier alpha value is -3.57. The summed E-state index contributed by atoms with van der Waals surface area (Å²) < 4.78 is 0. The predicted molar refractivity (Wildman–Crippen MR) is 95.6 cm³/mol. The lowest BCUT2D eigenvalue weighted by molar-refractivity contribution is -0.144. The van der Waals surface area contributed by atoms with Crippen LogP contribution in [0.5, 0.6) is 0 Å². The van der Waals surface area contributed by atoms with Gasteiger partial charge >= 0.3 is 5.97 Å². The monoisotopic (exact) mass is 410 g/mol. The zero-order chi connectivity index (χ0) is 22.3. The third-order valence-corrected chi connectivity index (χ3v) is 4.04. The summed E-state index contributed by atoms with van der Waals surface area (Å²) in [6, 6.07) is -2.53. The highest BCUT2D eigenvalue weighted by atomic mass is 16.4. The van der Waals surface area contributed by atoms with Crippen LogP contribution in [0.3, 0.4) is 0 Å². The molecule has 0 aromatic heterocycles. The Morgan fingerprint density at radius 1 is 1.03 bits per heavy atom. The molecule has 3 atom stereocenters. The summed E-state index contributed by atoms with van der Waals surface area (Å²) in [7, 11) is 0. The van der Waals surface area contributed by atoms with Crippen LogP contribution >= 0.6 is 0 Å². The summed E-state index contributed by atoms with van der Waals surface area (Å²) >= 11 is 0. The largest absolute Gasteiger partial charge is 0.480 e. The van der Waals surface area contributed by atoms with Gasteiger partial charge in [0.05, 0.1) is 12.5 Å². The van der Waals surface area contributed by atoms with Crippen molar-refractivity contribution in [2.75, 3.05) is 6.54 Å². The summed E-state index contributed by atoms with van der Waals surface area (Å²) in [6.07, 6.45) is 1.12. The molecule has 12 heteroatoms. The highest BCUT2D eigenvalue weighted by molar-refractivity contribution is 6.14. The zero-order valence-electron chi connectivity index (χ0n) is 15.8. The third kappa shape index (κ3) is 7.16. The Kier molecular flexibility index (Phi) is 8.18. The second-order valence-corrected chi connectivity index (χ2v) is 6.53. The van der Waals surface area contributed by atoms with E-state index in [0.29, 0.717) is 4.90 Å². The number of nitrogens with one attached hydrogen (secondary N) is 2. The average molecular weight is 410 g/mol. The Balaban J connectivity index is 2.53. The molecule has 0 saturated carbocycles. The maximum Gasteiger partial charge on any atom is 0.326 e. The quantitative estimate of drug-likeness (QED) is 0.267. The number of Topliss-reactive ketones (excluding diaryl/α,β-unsaturated/α-hetero) is 1. The van der Waals surface area contributed by atoms with E-state index < -0.39 is 72.3 Å². The second-order valence-electron chi connectivity index (χ2n) is 6.53. The number of rotatable bonds is 11. The van der Waals surface area contributed by atoms with Crippen LogP contribution in [0.15, 0.2) is 12.2 Å². The lowest BCUT2D eigenvalue weighted by atomic mass is 9.99. The molecule has 0 radical (unpaired) electrons. The number of nitrogens with two attached hydrogens (primary N) is 1. The summed E-state index contributed by atoms with van der Waals surface area (Å²) in [5.41, 5.74) is 4.93. The summed E-state index contributed by atoms with van der Waals surface area (Å²) in [4.78, 5) is 81.6. The van der Waals surface area contributed by atoms with Gasteiger partial charge in [-0.3, -0.25) is 33.7 Å². The van der Waals surface area contributed by atoms with Gasteiger partial charge in [0, 0.05) is 24.5 Å². The van der Waals surface area contributed by atoms with Gasteiger partial charge < -0.3 is 21.5 Å². The van der Waals surface area contributed by atoms with Crippen LogP contribution in [0.1, 0.15) is 26.7 Å². The Morgan fingerprint density at radius 2 is 1.59 bits per heavy atom. The first-order valence-electron chi connectivity index (χ1n) is 8.59. The first-order valence-corrected chi connectivity index (χ1v) is 8.59. The number of nitrogens with zero attached hydrogens (tertiary/aromatic N) is 1. The van der Waals surface area contributed by atoms with Gasteiger partial charge in [-0.1, -0.05) is 6.92 Å². The number of hydrogen-bond acceptors (Lipinski definition) is 7. The lowest BCUT2D eigenvalue weighted by Crippen LogP contribution is -2.47. The van der Waals surface area contributed by atoms with Crippen molar-refractivity contribution in [3.05, 3.63) is 12.2 Å². The molecule has 12 nitrogen and oxygen atoms in total. The van der Waals surface area contributed by atoms with Crippen molar-refractivity contribution in [3.8, 4) is 0 Å². The van der Waals surface area contributed by atoms with Gasteiger partial charge in [-0.25, -0.2) is 4.79 Å². The molecule has 29 heavy (non-hydrogen) atoms. The van der Waals surface area contributed by atoms with E-state index in [-0.39, 0.29) is 6.42 Å². The van der Waals surface area contributed by atoms with Crippen LogP contribution in [-0.2, 0) is 33.6 Å². The van der Waals surface area contributed by atoms with Gasteiger partial charge in [-0.15, -0.1) is 0 Å². The molecule has 5 N–H and O–H groups in total. The van der Waals surface area contributed by atoms with Gasteiger partial charge in [-0.2, -0.15) is 0 Å². The van der Waals surface area contributed by atoms with Gasteiger partial charge in [0.1, 0.15) is 12.6 Å². The molecule has 1 rings (SSSR count). The SMILES string of the molecule is C[C@H](CC(=O)[C@H](C)NC(=O)CN1C(=O)C=CC1=O)C(=O)N[C@@H](CC(N)=O)C(=O)O. The fourth-order valence-corrected chi connectivity index (χ4v) is 2.38. The number of hydrogen-bond donors (Lipinski definition) is 4. The number of carboxylic acids is 1. The number of carbonyl (C=O) groups is 7. The molecule has 1 aliphatic heterocycles. The molecule has 0 aromatic rings. The number of carboxylic acid groups (broad SMARTS) is 1. The summed E-state index contributed by atoms with van der Waals surface area (Å²) in [6.45, 7) is 2.19. The molecule has 0 saturated heterocycles. The van der Waals surface area contributed by atoms with Crippen LogP contribution in [0.25, 0.3) is 0 Å². The van der Waals surface area contributed by atoms with Crippen molar-refractivity contribution in [1.82, 2.24) is 15.5 Å².